The summed E-state index contributed by atoms with van der Waals surface area (Å²) < 4.78 is 16.5. The first-order valence-electron chi connectivity index (χ1n) is 4.96. The molecular weight excluding hydrogens is 240 g/mol. The van der Waals surface area contributed by atoms with Crippen LogP contribution >= 0.6 is 11.3 Å². The van der Waals surface area contributed by atoms with E-state index in [0.29, 0.717) is 12.0 Å². The Kier molecular flexibility index (Phi) is 3.42. The summed E-state index contributed by atoms with van der Waals surface area (Å²) >= 11 is 1.54. The smallest absolute Gasteiger partial charge is 0.359 e. The lowest BCUT2D eigenvalue weighted by molar-refractivity contribution is -0.349. The summed E-state index contributed by atoms with van der Waals surface area (Å²) in [6, 6.07) is 7.78. The van der Waals surface area contributed by atoms with Crippen molar-refractivity contribution in [3.63, 3.8) is 0 Å². The molecule has 1 aromatic carbocycles. The minimum Gasteiger partial charge on any atom is -0.406 e. The SMILES string of the molecule is COC(OC)(OC=O)c1csc2ccccc12. The van der Waals surface area contributed by atoms with Crippen LogP contribution in [0.3, 0.4) is 0 Å². The molecule has 0 radical (unpaired) electrons. The summed E-state index contributed by atoms with van der Waals surface area (Å²) in [7, 11) is 2.86. The van der Waals surface area contributed by atoms with Gasteiger partial charge in [0, 0.05) is 29.7 Å². The molecule has 0 fully saturated rings. The third-order valence-electron chi connectivity index (χ3n) is 2.55. The molecule has 0 atom stereocenters. The standard InChI is InChI=1S/C12H12O4S/c1-14-12(15-2,16-8-13)10-7-17-11-6-4-3-5-9(10)11/h3-8H,1-2H3. The van der Waals surface area contributed by atoms with Gasteiger partial charge in [0.1, 0.15) is 0 Å². The number of rotatable bonds is 5. The zero-order valence-corrected chi connectivity index (χ0v) is 10.3. The van der Waals surface area contributed by atoms with E-state index >= 15 is 0 Å². The molecule has 90 valence electrons. The number of benzene rings is 1. The van der Waals surface area contributed by atoms with E-state index in [9.17, 15) is 4.79 Å². The lowest BCUT2D eigenvalue weighted by atomic mass is 10.1. The van der Waals surface area contributed by atoms with Crippen LogP contribution in [0.25, 0.3) is 10.1 Å². The number of thiophene rings is 1. The lowest BCUT2D eigenvalue weighted by Gasteiger charge is -2.27. The normalized spacial score (nSPS) is 11.6. The molecule has 0 N–H and O–H groups in total. The summed E-state index contributed by atoms with van der Waals surface area (Å²) in [5.74, 6) is -1.47. The van der Waals surface area contributed by atoms with E-state index in [-0.39, 0.29) is 0 Å². The predicted octanol–water partition coefficient (Wildman–Crippen LogP) is 2.48. The highest BCUT2D eigenvalue weighted by Gasteiger charge is 2.37. The van der Waals surface area contributed by atoms with Gasteiger partial charge >= 0.3 is 5.97 Å². The van der Waals surface area contributed by atoms with Gasteiger partial charge in [0.25, 0.3) is 6.47 Å². The van der Waals surface area contributed by atoms with Gasteiger partial charge in [-0.15, -0.1) is 11.3 Å². The molecule has 0 saturated heterocycles. The second-order valence-electron chi connectivity index (χ2n) is 3.32. The molecule has 2 rings (SSSR count). The summed E-state index contributed by atoms with van der Waals surface area (Å²) in [4.78, 5) is 10.6. The van der Waals surface area contributed by atoms with Gasteiger partial charge in [-0.3, -0.25) is 4.79 Å². The molecule has 1 aromatic heterocycles. The van der Waals surface area contributed by atoms with Crippen molar-refractivity contribution in [2.75, 3.05) is 14.2 Å². The van der Waals surface area contributed by atoms with Gasteiger partial charge in [-0.1, -0.05) is 18.2 Å². The number of fused-ring (bicyclic) bond motifs is 1. The molecular formula is C12H12O4S. The predicted molar refractivity (Wildman–Crippen MR) is 64.7 cm³/mol. The van der Waals surface area contributed by atoms with Crippen molar-refractivity contribution >= 4 is 27.9 Å². The molecule has 5 heteroatoms. The van der Waals surface area contributed by atoms with Crippen molar-refractivity contribution in [1.82, 2.24) is 0 Å². The van der Waals surface area contributed by atoms with E-state index in [1.54, 1.807) is 11.3 Å². The molecule has 0 aliphatic rings. The highest BCUT2D eigenvalue weighted by molar-refractivity contribution is 7.17. The maximum absolute atomic E-state index is 10.6. The molecule has 0 amide bonds. The Morgan fingerprint density at radius 2 is 1.94 bits per heavy atom. The first-order valence-corrected chi connectivity index (χ1v) is 5.84. The zero-order valence-electron chi connectivity index (χ0n) is 9.51. The molecule has 0 spiro atoms. The van der Waals surface area contributed by atoms with Gasteiger partial charge in [0.05, 0.1) is 5.56 Å². The van der Waals surface area contributed by atoms with Crippen LogP contribution in [0.2, 0.25) is 0 Å². The number of hydrogen-bond acceptors (Lipinski definition) is 5. The van der Waals surface area contributed by atoms with Crippen LogP contribution in [-0.2, 0) is 25.0 Å². The Hall–Kier alpha value is -1.43. The maximum Gasteiger partial charge on any atom is 0.359 e. The van der Waals surface area contributed by atoms with Crippen molar-refractivity contribution in [2.24, 2.45) is 0 Å². The molecule has 4 nitrogen and oxygen atoms in total. The van der Waals surface area contributed by atoms with Crippen LogP contribution in [0.4, 0.5) is 0 Å². The molecule has 0 saturated carbocycles. The highest BCUT2D eigenvalue weighted by Crippen LogP contribution is 2.36. The van der Waals surface area contributed by atoms with Crippen molar-refractivity contribution in [1.29, 1.82) is 0 Å². The molecule has 0 aliphatic carbocycles. The molecule has 0 bridgehead atoms. The third-order valence-corrected chi connectivity index (χ3v) is 3.52. The van der Waals surface area contributed by atoms with Crippen LogP contribution in [0.1, 0.15) is 5.56 Å². The van der Waals surface area contributed by atoms with Gasteiger partial charge in [-0.25, -0.2) is 0 Å². The van der Waals surface area contributed by atoms with Gasteiger partial charge < -0.3 is 14.2 Å². The van der Waals surface area contributed by atoms with Gasteiger partial charge in [-0.2, -0.15) is 0 Å². The first-order chi connectivity index (χ1) is 8.27. The second kappa shape index (κ2) is 4.83. The fourth-order valence-corrected chi connectivity index (χ4v) is 2.72. The van der Waals surface area contributed by atoms with Crippen molar-refractivity contribution in [2.45, 2.75) is 5.97 Å². The number of methoxy groups -OCH3 is 2. The van der Waals surface area contributed by atoms with Crippen LogP contribution in [0.5, 0.6) is 0 Å². The molecule has 0 unspecified atom stereocenters. The van der Waals surface area contributed by atoms with Gasteiger partial charge in [-0.05, 0) is 6.07 Å². The van der Waals surface area contributed by atoms with Gasteiger partial charge in [0.2, 0.25) is 0 Å². The van der Waals surface area contributed by atoms with Crippen molar-refractivity contribution < 1.29 is 19.0 Å². The quantitative estimate of drug-likeness (QED) is 0.605. The monoisotopic (exact) mass is 252 g/mol. The minimum atomic E-state index is -1.47. The van der Waals surface area contributed by atoms with Gasteiger partial charge in [0.15, 0.2) is 0 Å². The van der Waals surface area contributed by atoms with E-state index in [2.05, 4.69) is 0 Å². The summed E-state index contributed by atoms with van der Waals surface area (Å²) in [5.41, 5.74) is 0.690. The molecule has 0 aliphatic heterocycles. The number of carbonyl (C=O) groups excluding carboxylic acids is 1. The van der Waals surface area contributed by atoms with E-state index in [0.717, 1.165) is 10.1 Å². The summed E-state index contributed by atoms with van der Waals surface area (Å²) in [6.07, 6.45) is 0. The van der Waals surface area contributed by atoms with Crippen molar-refractivity contribution in [3.05, 3.63) is 35.2 Å². The topological polar surface area (TPSA) is 44.8 Å². The Morgan fingerprint density at radius 3 is 2.59 bits per heavy atom. The number of hydrogen-bond donors (Lipinski definition) is 0. The molecule has 17 heavy (non-hydrogen) atoms. The summed E-state index contributed by atoms with van der Waals surface area (Å²) in [6.45, 7) is 0.319. The number of ether oxygens (including phenoxy) is 3. The van der Waals surface area contributed by atoms with E-state index in [1.165, 1.54) is 14.2 Å². The van der Waals surface area contributed by atoms with Crippen LogP contribution < -0.4 is 0 Å². The molecule has 2 aromatic rings. The minimum absolute atomic E-state index is 0.319. The maximum atomic E-state index is 10.6. The van der Waals surface area contributed by atoms with E-state index in [4.69, 9.17) is 14.2 Å². The summed E-state index contributed by atoms with van der Waals surface area (Å²) in [5, 5.41) is 2.81. The number of carbonyl (C=O) groups is 1. The Morgan fingerprint density at radius 1 is 1.24 bits per heavy atom. The van der Waals surface area contributed by atoms with E-state index in [1.807, 2.05) is 29.6 Å². The van der Waals surface area contributed by atoms with Crippen LogP contribution in [0.15, 0.2) is 29.6 Å². The lowest BCUT2D eigenvalue weighted by Crippen LogP contribution is -2.33. The zero-order chi connectivity index (χ0) is 12.3. The largest absolute Gasteiger partial charge is 0.406 e. The van der Waals surface area contributed by atoms with Crippen molar-refractivity contribution in [3.8, 4) is 0 Å². The molecule has 1 heterocycles. The Labute approximate surface area is 103 Å². The average molecular weight is 252 g/mol. The fourth-order valence-electron chi connectivity index (χ4n) is 1.74. The fraction of sp³-hybridized carbons (Fsp3) is 0.250. The highest BCUT2D eigenvalue weighted by atomic mass is 32.1. The average Bonchev–Trinajstić information content (AvgIpc) is 2.81. The first kappa shape index (κ1) is 12.0. The second-order valence-corrected chi connectivity index (χ2v) is 4.24. The van der Waals surface area contributed by atoms with Crippen LogP contribution in [0, 0.1) is 0 Å². The third kappa shape index (κ3) is 1.93. The van der Waals surface area contributed by atoms with Crippen LogP contribution in [-0.4, -0.2) is 20.7 Å². The van der Waals surface area contributed by atoms with E-state index < -0.39 is 5.97 Å². The Balaban J connectivity index is 2.59. The Bertz CT molecular complexity index is 516.